The van der Waals surface area contributed by atoms with Crippen LogP contribution in [0.2, 0.25) is 0 Å². The minimum atomic E-state index is -4.69. The fourth-order valence-electron chi connectivity index (χ4n) is 2.29. The predicted molar refractivity (Wildman–Crippen MR) is 63.6 cm³/mol. The third-order valence-corrected chi connectivity index (χ3v) is 3.23. The average molecular weight is 275 g/mol. The Morgan fingerprint density at radius 3 is 2.63 bits per heavy atom. The Morgan fingerprint density at radius 1 is 1.26 bits per heavy atom. The molecule has 0 amide bonds. The van der Waals surface area contributed by atoms with E-state index in [9.17, 15) is 18.3 Å². The van der Waals surface area contributed by atoms with Crippen molar-refractivity contribution in [3.8, 4) is 5.75 Å². The van der Waals surface area contributed by atoms with Crippen molar-refractivity contribution in [2.75, 3.05) is 0 Å². The van der Waals surface area contributed by atoms with E-state index in [1.807, 2.05) is 0 Å². The van der Waals surface area contributed by atoms with Crippen molar-refractivity contribution in [2.45, 2.75) is 44.3 Å². The second kappa shape index (κ2) is 5.79. The first-order valence-corrected chi connectivity index (χ1v) is 6.21. The molecule has 6 heteroatoms. The summed E-state index contributed by atoms with van der Waals surface area (Å²) in [5, 5.41) is 12.7. The van der Waals surface area contributed by atoms with E-state index in [2.05, 4.69) is 10.1 Å². The van der Waals surface area contributed by atoms with Gasteiger partial charge in [0, 0.05) is 18.2 Å². The van der Waals surface area contributed by atoms with Crippen LogP contribution in [0.15, 0.2) is 24.3 Å². The van der Waals surface area contributed by atoms with E-state index in [4.69, 9.17) is 0 Å². The first kappa shape index (κ1) is 14.1. The zero-order valence-electron chi connectivity index (χ0n) is 10.3. The van der Waals surface area contributed by atoms with Crippen LogP contribution in [0.4, 0.5) is 13.2 Å². The molecule has 1 fully saturated rings. The highest BCUT2D eigenvalue weighted by Crippen LogP contribution is 2.27. The Hall–Kier alpha value is -1.27. The summed E-state index contributed by atoms with van der Waals surface area (Å²) in [6, 6.07) is 5.96. The zero-order chi connectivity index (χ0) is 13.9. The standard InChI is InChI=1S/C13H16F3NO2/c14-13(15,16)19-12-7-2-1-4-9(12)8-17-10-5-3-6-11(10)18/h1-2,4,7,10-11,17-18H,3,5-6,8H2/t10-,11-/m0/s1. The van der Waals surface area contributed by atoms with E-state index in [0.717, 1.165) is 19.3 Å². The number of aliphatic hydroxyl groups excluding tert-OH is 1. The van der Waals surface area contributed by atoms with E-state index in [0.29, 0.717) is 5.56 Å². The third-order valence-electron chi connectivity index (χ3n) is 3.23. The number of hydrogen-bond acceptors (Lipinski definition) is 3. The van der Waals surface area contributed by atoms with Gasteiger partial charge in [0.1, 0.15) is 5.75 Å². The fraction of sp³-hybridized carbons (Fsp3) is 0.538. The molecular weight excluding hydrogens is 259 g/mol. The van der Waals surface area contributed by atoms with Crippen LogP contribution >= 0.6 is 0 Å². The first-order valence-electron chi connectivity index (χ1n) is 6.21. The lowest BCUT2D eigenvalue weighted by Crippen LogP contribution is -2.35. The minimum absolute atomic E-state index is 0.0565. The molecule has 0 heterocycles. The van der Waals surface area contributed by atoms with Gasteiger partial charge in [0.2, 0.25) is 0 Å². The van der Waals surface area contributed by atoms with E-state index < -0.39 is 12.5 Å². The number of aliphatic hydroxyl groups is 1. The molecular formula is C13H16F3NO2. The van der Waals surface area contributed by atoms with Gasteiger partial charge in [0.05, 0.1) is 6.10 Å². The monoisotopic (exact) mass is 275 g/mol. The van der Waals surface area contributed by atoms with Crippen LogP contribution in [0.3, 0.4) is 0 Å². The van der Waals surface area contributed by atoms with Gasteiger partial charge in [0.15, 0.2) is 0 Å². The molecule has 0 aromatic heterocycles. The van der Waals surface area contributed by atoms with Crippen LogP contribution in [0.1, 0.15) is 24.8 Å². The van der Waals surface area contributed by atoms with Gasteiger partial charge in [0.25, 0.3) is 0 Å². The van der Waals surface area contributed by atoms with Crippen molar-refractivity contribution >= 4 is 0 Å². The Labute approximate surface area is 109 Å². The molecule has 2 atom stereocenters. The van der Waals surface area contributed by atoms with Gasteiger partial charge in [-0.2, -0.15) is 0 Å². The highest BCUT2D eigenvalue weighted by Gasteiger charge is 2.32. The Bertz CT molecular complexity index is 423. The second-order valence-electron chi connectivity index (χ2n) is 4.64. The highest BCUT2D eigenvalue weighted by molar-refractivity contribution is 5.33. The quantitative estimate of drug-likeness (QED) is 0.887. The summed E-state index contributed by atoms with van der Waals surface area (Å²) in [5.41, 5.74) is 0.430. The molecule has 0 bridgehead atoms. The SMILES string of the molecule is O[C@H]1CCC[C@@H]1NCc1ccccc1OC(F)(F)F. The molecule has 1 aliphatic carbocycles. The lowest BCUT2D eigenvalue weighted by molar-refractivity contribution is -0.274. The summed E-state index contributed by atoms with van der Waals surface area (Å²) >= 11 is 0. The smallest absolute Gasteiger partial charge is 0.405 e. The van der Waals surface area contributed by atoms with Crippen LogP contribution in [0, 0.1) is 0 Å². The van der Waals surface area contributed by atoms with Gasteiger partial charge in [-0.05, 0) is 25.3 Å². The number of para-hydroxylation sites is 1. The summed E-state index contributed by atoms with van der Waals surface area (Å²) in [6.07, 6.45) is -2.61. The number of nitrogens with one attached hydrogen (secondary N) is 1. The molecule has 0 unspecified atom stereocenters. The van der Waals surface area contributed by atoms with Crippen molar-refractivity contribution in [1.29, 1.82) is 0 Å². The molecule has 1 aromatic rings. The molecule has 0 radical (unpaired) electrons. The van der Waals surface area contributed by atoms with Gasteiger partial charge in [-0.3, -0.25) is 0 Å². The molecule has 1 aromatic carbocycles. The lowest BCUT2D eigenvalue weighted by Gasteiger charge is -2.18. The number of hydrogen-bond donors (Lipinski definition) is 2. The molecule has 0 saturated heterocycles. The minimum Gasteiger partial charge on any atom is -0.405 e. The van der Waals surface area contributed by atoms with Crippen LogP contribution < -0.4 is 10.1 Å². The van der Waals surface area contributed by atoms with Crippen molar-refractivity contribution in [1.82, 2.24) is 5.32 Å². The van der Waals surface area contributed by atoms with Crippen molar-refractivity contribution in [2.24, 2.45) is 0 Å². The number of ether oxygens (including phenoxy) is 1. The topological polar surface area (TPSA) is 41.5 Å². The highest BCUT2D eigenvalue weighted by atomic mass is 19.4. The maximum absolute atomic E-state index is 12.2. The molecule has 19 heavy (non-hydrogen) atoms. The fourth-order valence-corrected chi connectivity index (χ4v) is 2.29. The number of halogens is 3. The Morgan fingerprint density at radius 2 is 2.00 bits per heavy atom. The normalized spacial score (nSPS) is 23.6. The van der Waals surface area contributed by atoms with E-state index in [1.165, 1.54) is 12.1 Å². The van der Waals surface area contributed by atoms with E-state index in [1.54, 1.807) is 12.1 Å². The second-order valence-corrected chi connectivity index (χ2v) is 4.64. The maximum Gasteiger partial charge on any atom is 0.573 e. The molecule has 1 aliphatic rings. The Kier molecular flexibility index (Phi) is 4.31. The van der Waals surface area contributed by atoms with E-state index >= 15 is 0 Å². The first-order chi connectivity index (χ1) is 8.96. The molecule has 3 nitrogen and oxygen atoms in total. The summed E-state index contributed by atoms with van der Waals surface area (Å²) < 4.78 is 40.7. The number of alkyl halides is 3. The Balaban J connectivity index is 1.99. The maximum atomic E-state index is 12.2. The number of benzene rings is 1. The van der Waals surface area contributed by atoms with E-state index in [-0.39, 0.29) is 18.3 Å². The van der Waals surface area contributed by atoms with Crippen LogP contribution in [0.5, 0.6) is 5.75 Å². The van der Waals surface area contributed by atoms with Gasteiger partial charge in [-0.1, -0.05) is 18.2 Å². The molecule has 1 saturated carbocycles. The molecule has 2 rings (SSSR count). The average Bonchev–Trinajstić information content (AvgIpc) is 2.72. The zero-order valence-corrected chi connectivity index (χ0v) is 10.3. The van der Waals surface area contributed by atoms with Crippen molar-refractivity contribution < 1.29 is 23.0 Å². The van der Waals surface area contributed by atoms with Crippen LogP contribution in [-0.4, -0.2) is 23.6 Å². The van der Waals surface area contributed by atoms with Crippen molar-refractivity contribution in [3.63, 3.8) is 0 Å². The van der Waals surface area contributed by atoms with Crippen LogP contribution in [-0.2, 0) is 6.54 Å². The van der Waals surface area contributed by atoms with Gasteiger partial charge in [-0.25, -0.2) is 0 Å². The van der Waals surface area contributed by atoms with Crippen molar-refractivity contribution in [3.05, 3.63) is 29.8 Å². The molecule has 106 valence electrons. The lowest BCUT2D eigenvalue weighted by atomic mass is 10.1. The van der Waals surface area contributed by atoms with Gasteiger partial charge < -0.3 is 15.2 Å². The van der Waals surface area contributed by atoms with Crippen LogP contribution in [0.25, 0.3) is 0 Å². The molecule has 0 aliphatic heterocycles. The largest absolute Gasteiger partial charge is 0.573 e. The number of rotatable bonds is 4. The summed E-state index contributed by atoms with van der Waals surface area (Å²) in [4.78, 5) is 0. The third kappa shape index (κ3) is 4.11. The molecule has 2 N–H and O–H groups in total. The summed E-state index contributed by atoms with van der Waals surface area (Å²) in [6.45, 7) is 0.244. The summed E-state index contributed by atoms with van der Waals surface area (Å²) in [5.74, 6) is -0.199. The van der Waals surface area contributed by atoms with Gasteiger partial charge in [-0.15, -0.1) is 13.2 Å². The molecule has 0 spiro atoms. The predicted octanol–water partition coefficient (Wildman–Crippen LogP) is 2.59. The van der Waals surface area contributed by atoms with Gasteiger partial charge >= 0.3 is 6.36 Å². The summed E-state index contributed by atoms with van der Waals surface area (Å²) in [7, 11) is 0.